The summed E-state index contributed by atoms with van der Waals surface area (Å²) in [6.07, 6.45) is 9.74. The third kappa shape index (κ3) is 4.29. The quantitative estimate of drug-likeness (QED) is 0.441. The first-order valence-corrected chi connectivity index (χ1v) is 11.9. The van der Waals surface area contributed by atoms with Gasteiger partial charge in [0.2, 0.25) is 0 Å². The lowest BCUT2D eigenvalue weighted by molar-refractivity contribution is 0.0813. The van der Waals surface area contributed by atoms with Gasteiger partial charge in [0.15, 0.2) is 11.6 Å². The van der Waals surface area contributed by atoms with Gasteiger partial charge in [0.05, 0.1) is 17.3 Å². The van der Waals surface area contributed by atoms with Crippen LogP contribution in [0.1, 0.15) is 50.3 Å². The van der Waals surface area contributed by atoms with E-state index in [1.165, 1.54) is 25.0 Å². The van der Waals surface area contributed by atoms with Crippen LogP contribution >= 0.6 is 23.2 Å². The summed E-state index contributed by atoms with van der Waals surface area (Å²) in [5, 5.41) is 8.30. The molecule has 1 saturated carbocycles. The van der Waals surface area contributed by atoms with Crippen LogP contribution in [-0.2, 0) is 0 Å². The van der Waals surface area contributed by atoms with Crippen molar-refractivity contribution in [2.75, 3.05) is 18.8 Å². The molecule has 1 aromatic carbocycles. The Bertz CT molecular complexity index is 1170. The molecule has 9 heteroatoms. The van der Waals surface area contributed by atoms with Gasteiger partial charge in [-0.15, -0.1) is 0 Å². The number of nitrogens with two attached hydrogens (primary N) is 1. The van der Waals surface area contributed by atoms with Gasteiger partial charge in [0.1, 0.15) is 11.9 Å². The molecule has 0 radical (unpaired) electrons. The van der Waals surface area contributed by atoms with Crippen LogP contribution in [0.4, 0.5) is 10.2 Å². The predicted molar refractivity (Wildman–Crippen MR) is 128 cm³/mol. The van der Waals surface area contributed by atoms with E-state index in [1.807, 2.05) is 12.3 Å². The second kappa shape index (κ2) is 8.78. The zero-order chi connectivity index (χ0) is 23.2. The number of hydrogen-bond donors (Lipinski definition) is 2. The maximum atomic E-state index is 13.9. The number of halogens is 3. The molecule has 0 bridgehead atoms. The summed E-state index contributed by atoms with van der Waals surface area (Å²) in [6.45, 7) is 4.03. The molecular weight excluding hydrogens is 464 g/mol. The van der Waals surface area contributed by atoms with E-state index in [9.17, 15) is 4.39 Å². The van der Waals surface area contributed by atoms with E-state index < -0.39 is 11.9 Å². The third-order valence-electron chi connectivity index (χ3n) is 7.00. The van der Waals surface area contributed by atoms with E-state index in [2.05, 4.69) is 26.3 Å². The number of ether oxygens (including phenoxy) is 1. The molecule has 3 aromatic rings. The molecule has 33 heavy (non-hydrogen) atoms. The number of rotatable bonds is 5. The van der Waals surface area contributed by atoms with E-state index >= 15 is 0 Å². The van der Waals surface area contributed by atoms with E-state index in [4.69, 9.17) is 33.7 Å². The number of hydrogen-bond acceptors (Lipinski definition) is 5. The van der Waals surface area contributed by atoms with Crippen molar-refractivity contribution < 1.29 is 9.13 Å². The average molecular weight is 490 g/mol. The largest absolute Gasteiger partial charge is 0.482 e. The van der Waals surface area contributed by atoms with Gasteiger partial charge in [-0.3, -0.25) is 4.68 Å². The van der Waals surface area contributed by atoms with Crippen LogP contribution in [0, 0.1) is 11.2 Å². The minimum Gasteiger partial charge on any atom is -0.482 e. The van der Waals surface area contributed by atoms with E-state index in [0.29, 0.717) is 27.8 Å². The van der Waals surface area contributed by atoms with Gasteiger partial charge in [-0.2, -0.15) is 5.10 Å². The fourth-order valence-electron chi connectivity index (χ4n) is 4.87. The average Bonchev–Trinajstić information content (AvgIpc) is 3.27. The Morgan fingerprint density at radius 1 is 1.21 bits per heavy atom. The highest BCUT2D eigenvalue weighted by atomic mass is 35.5. The zero-order valence-corrected chi connectivity index (χ0v) is 19.8. The van der Waals surface area contributed by atoms with Crippen LogP contribution in [0.2, 0.25) is 10.0 Å². The molecule has 174 valence electrons. The lowest BCUT2D eigenvalue weighted by atomic mass is 9.68. The first-order chi connectivity index (χ1) is 15.8. The number of nitrogens with zero attached hydrogens (tertiary/aromatic N) is 3. The monoisotopic (exact) mass is 489 g/mol. The molecule has 1 spiro atoms. The Morgan fingerprint density at radius 2 is 1.97 bits per heavy atom. The summed E-state index contributed by atoms with van der Waals surface area (Å²) in [6, 6.07) is 4.92. The van der Waals surface area contributed by atoms with Gasteiger partial charge < -0.3 is 15.8 Å². The first-order valence-electron chi connectivity index (χ1n) is 11.2. The Kier molecular flexibility index (Phi) is 5.97. The molecule has 3 heterocycles. The summed E-state index contributed by atoms with van der Waals surface area (Å²) in [5.41, 5.74) is 8.72. The Hall–Kier alpha value is -2.35. The fraction of sp³-hybridized carbons (Fsp3) is 0.417. The molecule has 0 amide bonds. The lowest BCUT2D eigenvalue weighted by Gasteiger charge is -2.47. The van der Waals surface area contributed by atoms with Crippen LogP contribution in [0.25, 0.3) is 11.1 Å². The van der Waals surface area contributed by atoms with Crippen LogP contribution in [0.3, 0.4) is 0 Å². The molecule has 2 aromatic heterocycles. The topological polar surface area (TPSA) is 78.0 Å². The van der Waals surface area contributed by atoms with Crippen LogP contribution in [-0.4, -0.2) is 27.9 Å². The maximum Gasteiger partial charge on any atom is 0.166 e. The molecule has 2 fully saturated rings. The molecule has 1 aliphatic carbocycles. The molecule has 1 saturated heterocycles. The van der Waals surface area contributed by atoms with Crippen LogP contribution < -0.4 is 15.8 Å². The summed E-state index contributed by atoms with van der Waals surface area (Å²) in [4.78, 5) is 4.29. The van der Waals surface area contributed by atoms with Crippen molar-refractivity contribution in [1.82, 2.24) is 20.1 Å². The highest BCUT2D eigenvalue weighted by Crippen LogP contribution is 2.43. The smallest absolute Gasteiger partial charge is 0.166 e. The van der Waals surface area contributed by atoms with Gasteiger partial charge in [-0.1, -0.05) is 23.2 Å². The first kappa shape index (κ1) is 22.4. The SMILES string of the molecule is C[C@@H](Oc1cc(-c2cnn(C3CCC4(CC3)CNC4)c2)cnc1N)c1c(Cl)ccc(F)c1Cl. The Labute approximate surface area is 202 Å². The van der Waals surface area contributed by atoms with Crippen LogP contribution in [0.5, 0.6) is 5.75 Å². The molecular formula is C24H26Cl2FN5O. The molecule has 1 atom stereocenters. The molecule has 5 rings (SSSR count). The maximum absolute atomic E-state index is 13.9. The highest BCUT2D eigenvalue weighted by Gasteiger charge is 2.40. The number of pyridine rings is 1. The van der Waals surface area contributed by atoms with Crippen molar-refractivity contribution in [3.05, 3.63) is 58.2 Å². The van der Waals surface area contributed by atoms with Crippen molar-refractivity contribution in [1.29, 1.82) is 0 Å². The number of nitrogens with one attached hydrogen (secondary N) is 1. The number of aromatic nitrogens is 3. The fourth-order valence-corrected chi connectivity index (χ4v) is 5.55. The molecule has 1 aliphatic heterocycles. The Balaban J connectivity index is 1.34. The van der Waals surface area contributed by atoms with Gasteiger partial charge in [0.25, 0.3) is 0 Å². The van der Waals surface area contributed by atoms with Gasteiger partial charge >= 0.3 is 0 Å². The summed E-state index contributed by atoms with van der Waals surface area (Å²) in [7, 11) is 0. The van der Waals surface area contributed by atoms with Crippen molar-refractivity contribution in [2.24, 2.45) is 5.41 Å². The summed E-state index contributed by atoms with van der Waals surface area (Å²) >= 11 is 12.4. The van der Waals surface area contributed by atoms with Gasteiger partial charge in [0, 0.05) is 47.2 Å². The number of nitrogen functional groups attached to an aromatic ring is 1. The predicted octanol–water partition coefficient (Wildman–Crippen LogP) is 5.82. The summed E-state index contributed by atoms with van der Waals surface area (Å²) < 4.78 is 22.0. The van der Waals surface area contributed by atoms with E-state index in [0.717, 1.165) is 37.1 Å². The van der Waals surface area contributed by atoms with Crippen molar-refractivity contribution in [2.45, 2.75) is 44.8 Å². The minimum atomic E-state index is -0.627. The van der Waals surface area contributed by atoms with Gasteiger partial charge in [-0.05, 0) is 56.2 Å². The van der Waals surface area contributed by atoms with Crippen molar-refractivity contribution >= 4 is 29.0 Å². The number of anilines is 1. The van der Waals surface area contributed by atoms with Gasteiger partial charge in [-0.25, -0.2) is 9.37 Å². The molecule has 3 N–H and O–H groups in total. The molecule has 0 unspecified atom stereocenters. The van der Waals surface area contributed by atoms with Crippen molar-refractivity contribution in [3.63, 3.8) is 0 Å². The second-order valence-corrected chi connectivity index (χ2v) is 9.95. The Morgan fingerprint density at radius 3 is 2.67 bits per heavy atom. The normalized spacial score (nSPS) is 18.8. The highest BCUT2D eigenvalue weighted by molar-refractivity contribution is 6.36. The lowest BCUT2D eigenvalue weighted by Crippen LogP contribution is -2.54. The van der Waals surface area contributed by atoms with E-state index in [1.54, 1.807) is 13.1 Å². The number of benzene rings is 1. The standard InChI is InChI=1S/C24H26Cl2FN5O/c1-14(21-18(25)2-3-19(27)22(21)26)33-20-8-15(9-30-23(20)28)16-10-31-32(11-16)17-4-6-24(7-5-17)12-29-13-24/h2-3,8-11,14,17,29H,4-7,12-13H2,1H3,(H2,28,30)/t14-/m1/s1. The van der Waals surface area contributed by atoms with E-state index in [-0.39, 0.29) is 10.8 Å². The molecule has 6 nitrogen and oxygen atoms in total. The van der Waals surface area contributed by atoms with Crippen molar-refractivity contribution in [3.8, 4) is 16.9 Å². The van der Waals surface area contributed by atoms with Crippen LogP contribution in [0.15, 0.2) is 36.8 Å². The third-order valence-corrected chi connectivity index (χ3v) is 7.71. The zero-order valence-electron chi connectivity index (χ0n) is 18.3. The summed E-state index contributed by atoms with van der Waals surface area (Å²) in [5.74, 6) is 0.0514. The molecule has 2 aliphatic rings. The second-order valence-electron chi connectivity index (χ2n) is 9.17. The minimum absolute atomic E-state index is 0.0640.